The molecule has 1 atom stereocenters. The second kappa shape index (κ2) is 7.84. The topological polar surface area (TPSA) is 55.4 Å². The van der Waals surface area contributed by atoms with Crippen molar-refractivity contribution in [1.82, 2.24) is 5.32 Å². The van der Waals surface area contributed by atoms with Gasteiger partial charge in [0, 0.05) is 0 Å². The first-order valence-electron chi connectivity index (χ1n) is 6.19. The van der Waals surface area contributed by atoms with Gasteiger partial charge < -0.3 is 10.1 Å². The summed E-state index contributed by atoms with van der Waals surface area (Å²) >= 11 is 3.77. The average molecular weight is 281 g/mol. The Kier molecular flexibility index (Phi) is 6.42. The van der Waals surface area contributed by atoms with Crippen LogP contribution in [0.3, 0.4) is 0 Å². The maximum absolute atomic E-state index is 11.6. The van der Waals surface area contributed by atoms with Crippen LogP contribution in [0.1, 0.15) is 25.8 Å². The molecule has 0 spiro atoms. The maximum Gasteiger partial charge on any atom is 0.408 e. The van der Waals surface area contributed by atoms with E-state index in [0.717, 1.165) is 5.56 Å². The number of carbonyl (C=O) groups excluding carboxylic acids is 2. The van der Waals surface area contributed by atoms with Gasteiger partial charge >= 0.3 is 6.09 Å². The van der Waals surface area contributed by atoms with Crippen molar-refractivity contribution in [2.24, 2.45) is 5.92 Å². The van der Waals surface area contributed by atoms with E-state index in [1.807, 2.05) is 44.2 Å². The fourth-order valence-corrected chi connectivity index (χ4v) is 1.77. The van der Waals surface area contributed by atoms with Crippen molar-refractivity contribution in [1.29, 1.82) is 0 Å². The normalized spacial score (nSPS) is 12.0. The molecule has 0 unspecified atom stereocenters. The van der Waals surface area contributed by atoms with E-state index in [9.17, 15) is 9.59 Å². The van der Waals surface area contributed by atoms with Gasteiger partial charge in [0.1, 0.15) is 12.6 Å². The van der Waals surface area contributed by atoms with Crippen LogP contribution in [0.15, 0.2) is 30.3 Å². The second-order valence-electron chi connectivity index (χ2n) is 4.73. The molecule has 1 amide bonds. The second-order valence-corrected chi connectivity index (χ2v) is 5.17. The van der Waals surface area contributed by atoms with Gasteiger partial charge in [-0.1, -0.05) is 44.2 Å². The molecule has 0 radical (unpaired) electrons. The van der Waals surface area contributed by atoms with Crippen LogP contribution < -0.4 is 5.32 Å². The highest BCUT2D eigenvalue weighted by atomic mass is 32.1. The Labute approximate surface area is 118 Å². The third kappa shape index (κ3) is 6.29. The standard InChI is InChI=1S/C14H19NO3S/c1-10(2)8-12(13(16)19)15-14(17)18-9-11-6-4-3-5-7-11/h3-7,10,12H,8-9H2,1-2H3,(H,15,17)(H,16,19)/t12-/m0/s1. The smallest absolute Gasteiger partial charge is 0.408 e. The Hall–Kier alpha value is -1.49. The number of rotatable bonds is 6. The van der Waals surface area contributed by atoms with Crippen LogP contribution in [0, 0.1) is 5.92 Å². The number of carbonyl (C=O) groups is 2. The Balaban J connectivity index is 2.42. The van der Waals surface area contributed by atoms with Gasteiger partial charge in [-0.3, -0.25) is 4.79 Å². The minimum absolute atomic E-state index is 0.182. The molecule has 0 aliphatic rings. The molecule has 0 aliphatic heterocycles. The minimum Gasteiger partial charge on any atom is -0.445 e. The lowest BCUT2D eigenvalue weighted by atomic mass is 10.1. The summed E-state index contributed by atoms with van der Waals surface area (Å²) in [5.41, 5.74) is 0.898. The van der Waals surface area contributed by atoms with Crippen LogP contribution >= 0.6 is 12.6 Å². The van der Waals surface area contributed by atoms with E-state index in [1.54, 1.807) is 0 Å². The lowest BCUT2D eigenvalue weighted by Gasteiger charge is -2.17. The first kappa shape index (κ1) is 15.6. The molecule has 1 N–H and O–H groups in total. The van der Waals surface area contributed by atoms with Crippen molar-refractivity contribution in [3.8, 4) is 0 Å². The molecular formula is C14H19NO3S. The zero-order chi connectivity index (χ0) is 14.3. The Bertz CT molecular complexity index is 420. The zero-order valence-corrected chi connectivity index (χ0v) is 12.0. The summed E-state index contributed by atoms with van der Waals surface area (Å²) in [5, 5.41) is 2.17. The van der Waals surface area contributed by atoms with E-state index in [-0.39, 0.29) is 17.6 Å². The molecule has 1 rings (SSSR count). The van der Waals surface area contributed by atoms with Crippen LogP contribution in [0.4, 0.5) is 4.79 Å². The molecule has 0 aromatic heterocycles. The summed E-state index contributed by atoms with van der Waals surface area (Å²) < 4.78 is 5.05. The van der Waals surface area contributed by atoms with Crippen molar-refractivity contribution >= 4 is 23.8 Å². The molecule has 0 aliphatic carbocycles. The van der Waals surface area contributed by atoms with Gasteiger partial charge in [-0.15, -0.1) is 12.6 Å². The van der Waals surface area contributed by atoms with E-state index in [4.69, 9.17) is 4.74 Å². The number of ether oxygens (including phenoxy) is 1. The third-order valence-electron chi connectivity index (χ3n) is 2.51. The summed E-state index contributed by atoms with van der Waals surface area (Å²) in [6.07, 6.45) is -0.0557. The van der Waals surface area contributed by atoms with E-state index < -0.39 is 12.1 Å². The van der Waals surface area contributed by atoms with Gasteiger partial charge in [0.15, 0.2) is 0 Å². The summed E-state index contributed by atoms with van der Waals surface area (Å²) in [6.45, 7) is 4.13. The predicted octanol–water partition coefficient (Wildman–Crippen LogP) is 2.78. The fraction of sp³-hybridized carbons (Fsp3) is 0.429. The predicted molar refractivity (Wildman–Crippen MR) is 77.0 cm³/mol. The largest absolute Gasteiger partial charge is 0.445 e. The van der Waals surface area contributed by atoms with Crippen molar-refractivity contribution in [3.05, 3.63) is 35.9 Å². The Morgan fingerprint density at radius 2 is 1.89 bits per heavy atom. The lowest BCUT2D eigenvalue weighted by Crippen LogP contribution is -2.40. The Morgan fingerprint density at radius 1 is 1.26 bits per heavy atom. The van der Waals surface area contributed by atoms with E-state index in [0.29, 0.717) is 6.42 Å². The van der Waals surface area contributed by atoms with Crippen LogP contribution in [0.5, 0.6) is 0 Å². The summed E-state index contributed by atoms with van der Waals surface area (Å²) in [7, 11) is 0. The summed E-state index contributed by atoms with van der Waals surface area (Å²) in [6, 6.07) is 8.75. The molecular weight excluding hydrogens is 262 g/mol. The maximum atomic E-state index is 11.6. The van der Waals surface area contributed by atoms with Crippen LogP contribution in [-0.2, 0) is 16.1 Å². The van der Waals surface area contributed by atoms with Gasteiger partial charge in [-0.25, -0.2) is 4.79 Å². The highest BCUT2D eigenvalue weighted by Crippen LogP contribution is 2.08. The SMILES string of the molecule is CC(C)C[C@H](NC(=O)OCc1ccccc1)C(=O)S. The van der Waals surface area contributed by atoms with Crippen molar-refractivity contribution < 1.29 is 14.3 Å². The van der Waals surface area contributed by atoms with Gasteiger partial charge in [0.2, 0.25) is 5.12 Å². The molecule has 4 nitrogen and oxygen atoms in total. The molecule has 5 heteroatoms. The first-order chi connectivity index (χ1) is 8.99. The Morgan fingerprint density at radius 3 is 2.42 bits per heavy atom. The van der Waals surface area contributed by atoms with Gasteiger partial charge in [0.25, 0.3) is 0 Å². The molecule has 0 fully saturated rings. The van der Waals surface area contributed by atoms with E-state index >= 15 is 0 Å². The number of amides is 1. The zero-order valence-electron chi connectivity index (χ0n) is 11.1. The van der Waals surface area contributed by atoms with Crippen molar-refractivity contribution in [3.63, 3.8) is 0 Å². The van der Waals surface area contributed by atoms with Gasteiger partial charge in [0.05, 0.1) is 0 Å². The first-order valence-corrected chi connectivity index (χ1v) is 6.63. The van der Waals surface area contributed by atoms with E-state index in [1.165, 1.54) is 0 Å². The molecule has 1 aromatic rings. The summed E-state index contributed by atoms with van der Waals surface area (Å²) in [5.74, 6) is 0.288. The molecule has 0 heterocycles. The lowest BCUT2D eigenvalue weighted by molar-refractivity contribution is -0.112. The number of nitrogens with one attached hydrogen (secondary N) is 1. The quantitative estimate of drug-likeness (QED) is 0.788. The molecule has 104 valence electrons. The number of hydrogen-bond donors (Lipinski definition) is 2. The van der Waals surface area contributed by atoms with Gasteiger partial charge in [-0.05, 0) is 17.9 Å². The number of alkyl carbamates (subject to hydrolysis) is 1. The molecule has 0 saturated heterocycles. The van der Waals surface area contributed by atoms with Crippen molar-refractivity contribution in [2.75, 3.05) is 0 Å². The van der Waals surface area contributed by atoms with Crippen LogP contribution in [0.25, 0.3) is 0 Å². The molecule has 19 heavy (non-hydrogen) atoms. The highest BCUT2D eigenvalue weighted by molar-refractivity contribution is 7.96. The van der Waals surface area contributed by atoms with Crippen LogP contribution in [-0.4, -0.2) is 17.3 Å². The summed E-state index contributed by atoms with van der Waals surface area (Å²) in [4.78, 5) is 22.9. The number of benzene rings is 1. The number of thiol groups is 1. The minimum atomic E-state index is -0.605. The van der Waals surface area contributed by atoms with Crippen molar-refractivity contribution in [2.45, 2.75) is 32.9 Å². The molecule has 0 saturated carbocycles. The van der Waals surface area contributed by atoms with E-state index in [2.05, 4.69) is 17.9 Å². The van der Waals surface area contributed by atoms with Crippen LogP contribution in [0.2, 0.25) is 0 Å². The highest BCUT2D eigenvalue weighted by Gasteiger charge is 2.19. The molecule has 0 bridgehead atoms. The fourth-order valence-electron chi connectivity index (χ4n) is 1.60. The monoisotopic (exact) mass is 281 g/mol. The average Bonchev–Trinajstić information content (AvgIpc) is 2.36. The number of hydrogen-bond acceptors (Lipinski definition) is 3. The third-order valence-corrected chi connectivity index (χ3v) is 2.82. The molecule has 1 aromatic carbocycles. The van der Waals surface area contributed by atoms with Gasteiger partial charge in [-0.2, -0.15) is 0 Å².